The Morgan fingerprint density at radius 1 is 1.53 bits per heavy atom. The molecule has 84 valence electrons. The first-order valence-corrected chi connectivity index (χ1v) is 4.68. The standard InChI is InChI=1S/C9H14N2O4/c1-5(4-7(12)13)11-6(2)8(14)10(3)9(11)15/h5-6H,4H2,1-3H3,(H,12,13). The molecule has 0 aliphatic carbocycles. The molecule has 0 aromatic carbocycles. The van der Waals surface area contributed by atoms with Gasteiger partial charge in [-0.3, -0.25) is 14.5 Å². The molecule has 3 amide bonds. The number of rotatable bonds is 3. The highest BCUT2D eigenvalue weighted by atomic mass is 16.4. The maximum atomic E-state index is 11.6. The number of hydrogen-bond acceptors (Lipinski definition) is 3. The zero-order valence-corrected chi connectivity index (χ0v) is 8.93. The number of hydrogen-bond donors (Lipinski definition) is 1. The Labute approximate surface area is 87.5 Å². The van der Waals surface area contributed by atoms with Crippen LogP contribution < -0.4 is 0 Å². The zero-order chi connectivity index (χ0) is 11.7. The van der Waals surface area contributed by atoms with Crippen LogP contribution in [0.2, 0.25) is 0 Å². The molecule has 6 nitrogen and oxygen atoms in total. The van der Waals surface area contributed by atoms with Gasteiger partial charge in [0.25, 0.3) is 5.91 Å². The molecule has 2 atom stereocenters. The van der Waals surface area contributed by atoms with Gasteiger partial charge < -0.3 is 10.0 Å². The van der Waals surface area contributed by atoms with Crippen molar-refractivity contribution < 1.29 is 19.5 Å². The molecular weight excluding hydrogens is 200 g/mol. The molecule has 0 aromatic rings. The summed E-state index contributed by atoms with van der Waals surface area (Å²) in [4.78, 5) is 35.8. The summed E-state index contributed by atoms with van der Waals surface area (Å²) in [5.74, 6) is -1.28. The number of likely N-dealkylation sites (N-methyl/N-ethyl adjacent to an activating group) is 1. The van der Waals surface area contributed by atoms with Crippen LogP contribution >= 0.6 is 0 Å². The molecule has 1 aliphatic rings. The number of carbonyl (C=O) groups is 3. The van der Waals surface area contributed by atoms with E-state index >= 15 is 0 Å². The third kappa shape index (κ3) is 1.93. The summed E-state index contributed by atoms with van der Waals surface area (Å²) in [6.07, 6.45) is -0.156. The second-order valence-electron chi connectivity index (χ2n) is 3.71. The van der Waals surface area contributed by atoms with Crippen LogP contribution in [0.4, 0.5) is 4.79 Å². The van der Waals surface area contributed by atoms with E-state index in [-0.39, 0.29) is 12.3 Å². The quantitative estimate of drug-likeness (QED) is 0.677. The molecule has 0 spiro atoms. The minimum atomic E-state index is -0.982. The summed E-state index contributed by atoms with van der Waals surface area (Å²) < 4.78 is 0. The molecule has 1 heterocycles. The van der Waals surface area contributed by atoms with E-state index in [0.717, 1.165) is 4.90 Å². The Morgan fingerprint density at radius 3 is 2.40 bits per heavy atom. The third-order valence-corrected chi connectivity index (χ3v) is 2.56. The van der Waals surface area contributed by atoms with E-state index < -0.39 is 24.1 Å². The van der Waals surface area contributed by atoms with Crippen molar-refractivity contribution in [2.75, 3.05) is 7.05 Å². The summed E-state index contributed by atoms with van der Waals surface area (Å²) in [6, 6.07) is -1.48. The van der Waals surface area contributed by atoms with Crippen molar-refractivity contribution in [2.45, 2.75) is 32.4 Å². The van der Waals surface area contributed by atoms with Crippen molar-refractivity contribution in [1.29, 1.82) is 0 Å². The predicted molar refractivity (Wildman–Crippen MR) is 51.2 cm³/mol. The second kappa shape index (κ2) is 3.88. The number of urea groups is 1. The van der Waals surface area contributed by atoms with E-state index in [9.17, 15) is 14.4 Å². The van der Waals surface area contributed by atoms with E-state index in [0.29, 0.717) is 0 Å². The van der Waals surface area contributed by atoms with Crippen LogP contribution in [0.5, 0.6) is 0 Å². The van der Waals surface area contributed by atoms with E-state index in [1.807, 2.05) is 0 Å². The first-order chi connectivity index (χ1) is 6.86. The number of nitrogens with zero attached hydrogens (tertiary/aromatic N) is 2. The number of imide groups is 1. The van der Waals surface area contributed by atoms with Gasteiger partial charge >= 0.3 is 12.0 Å². The maximum Gasteiger partial charge on any atom is 0.327 e. The van der Waals surface area contributed by atoms with E-state index in [1.165, 1.54) is 11.9 Å². The Morgan fingerprint density at radius 2 is 2.07 bits per heavy atom. The summed E-state index contributed by atoms with van der Waals surface area (Å²) in [5, 5.41) is 8.61. The van der Waals surface area contributed by atoms with Gasteiger partial charge in [0, 0.05) is 13.1 Å². The lowest BCUT2D eigenvalue weighted by atomic mass is 10.2. The lowest BCUT2D eigenvalue weighted by molar-refractivity contribution is -0.138. The summed E-state index contributed by atoms with van der Waals surface area (Å²) >= 11 is 0. The highest BCUT2D eigenvalue weighted by Crippen LogP contribution is 2.20. The van der Waals surface area contributed by atoms with E-state index in [1.54, 1.807) is 13.8 Å². The van der Waals surface area contributed by atoms with Crippen molar-refractivity contribution in [3.63, 3.8) is 0 Å². The van der Waals surface area contributed by atoms with Crippen LogP contribution in [-0.2, 0) is 9.59 Å². The van der Waals surface area contributed by atoms with Gasteiger partial charge in [-0.15, -0.1) is 0 Å². The third-order valence-electron chi connectivity index (χ3n) is 2.56. The lowest BCUT2D eigenvalue weighted by Crippen LogP contribution is -2.41. The average molecular weight is 214 g/mol. The predicted octanol–water partition coefficient (Wildman–Crippen LogP) is 0.132. The highest BCUT2D eigenvalue weighted by molar-refractivity contribution is 6.03. The molecule has 1 saturated heterocycles. The molecule has 1 aliphatic heterocycles. The van der Waals surface area contributed by atoms with E-state index in [2.05, 4.69) is 0 Å². The number of carboxylic acid groups (broad SMARTS) is 1. The molecule has 6 heteroatoms. The lowest BCUT2D eigenvalue weighted by Gasteiger charge is -2.25. The summed E-state index contributed by atoms with van der Waals surface area (Å²) in [6.45, 7) is 3.22. The van der Waals surface area contributed by atoms with E-state index in [4.69, 9.17) is 5.11 Å². The molecule has 1 N–H and O–H groups in total. The molecule has 0 bridgehead atoms. The molecule has 0 saturated carbocycles. The van der Waals surface area contributed by atoms with Gasteiger partial charge in [-0.05, 0) is 13.8 Å². The van der Waals surface area contributed by atoms with Gasteiger partial charge in [0.1, 0.15) is 6.04 Å². The zero-order valence-electron chi connectivity index (χ0n) is 8.93. The minimum Gasteiger partial charge on any atom is -0.481 e. The Kier molecular flexibility index (Phi) is 2.97. The second-order valence-corrected chi connectivity index (χ2v) is 3.71. The van der Waals surface area contributed by atoms with Gasteiger partial charge in [-0.1, -0.05) is 0 Å². The normalized spacial score (nSPS) is 23.5. The smallest absolute Gasteiger partial charge is 0.327 e. The Balaban J connectivity index is 2.82. The van der Waals surface area contributed by atoms with Crippen LogP contribution in [0.15, 0.2) is 0 Å². The SMILES string of the molecule is CC(CC(=O)O)N1C(=O)N(C)C(=O)C1C. The van der Waals surface area contributed by atoms with Crippen LogP contribution in [0.25, 0.3) is 0 Å². The molecule has 1 fully saturated rings. The summed E-state index contributed by atoms with van der Waals surface area (Å²) in [7, 11) is 1.40. The number of aliphatic carboxylic acids is 1. The fourth-order valence-corrected chi connectivity index (χ4v) is 1.75. The monoisotopic (exact) mass is 214 g/mol. The largest absolute Gasteiger partial charge is 0.481 e. The molecule has 1 rings (SSSR count). The van der Waals surface area contributed by atoms with Gasteiger partial charge in [0.15, 0.2) is 0 Å². The molecular formula is C9H14N2O4. The van der Waals surface area contributed by atoms with Crippen LogP contribution in [-0.4, -0.2) is 51.9 Å². The Bertz CT molecular complexity index is 315. The van der Waals surface area contributed by atoms with Crippen molar-refractivity contribution in [3.8, 4) is 0 Å². The van der Waals surface area contributed by atoms with Crippen LogP contribution in [0.1, 0.15) is 20.3 Å². The first kappa shape index (κ1) is 11.5. The Hall–Kier alpha value is -1.59. The van der Waals surface area contributed by atoms with Gasteiger partial charge in [0.2, 0.25) is 0 Å². The van der Waals surface area contributed by atoms with Gasteiger partial charge in [-0.25, -0.2) is 4.79 Å². The molecule has 0 radical (unpaired) electrons. The fraction of sp³-hybridized carbons (Fsp3) is 0.667. The number of carbonyl (C=O) groups excluding carboxylic acids is 2. The van der Waals surface area contributed by atoms with Gasteiger partial charge in [0.05, 0.1) is 6.42 Å². The number of amides is 3. The number of carboxylic acids is 1. The van der Waals surface area contributed by atoms with Crippen LogP contribution in [0.3, 0.4) is 0 Å². The molecule has 2 unspecified atom stereocenters. The van der Waals surface area contributed by atoms with Crippen molar-refractivity contribution in [1.82, 2.24) is 9.80 Å². The van der Waals surface area contributed by atoms with Crippen molar-refractivity contribution >= 4 is 17.9 Å². The topological polar surface area (TPSA) is 77.9 Å². The fourth-order valence-electron chi connectivity index (χ4n) is 1.75. The summed E-state index contributed by atoms with van der Waals surface area (Å²) in [5.41, 5.74) is 0. The van der Waals surface area contributed by atoms with Crippen LogP contribution in [0, 0.1) is 0 Å². The molecule has 0 aromatic heterocycles. The van der Waals surface area contributed by atoms with Crippen molar-refractivity contribution in [2.24, 2.45) is 0 Å². The van der Waals surface area contributed by atoms with Crippen molar-refractivity contribution in [3.05, 3.63) is 0 Å². The van der Waals surface area contributed by atoms with Gasteiger partial charge in [-0.2, -0.15) is 0 Å². The minimum absolute atomic E-state index is 0.156. The highest BCUT2D eigenvalue weighted by Gasteiger charge is 2.42. The average Bonchev–Trinajstić information content (AvgIpc) is 2.30. The maximum absolute atomic E-state index is 11.6. The molecule has 15 heavy (non-hydrogen) atoms. The first-order valence-electron chi connectivity index (χ1n) is 4.68.